The van der Waals surface area contributed by atoms with Gasteiger partial charge >= 0.3 is 0 Å². The number of hydrogen-bond donors (Lipinski definition) is 2. The Morgan fingerprint density at radius 3 is 2.75 bits per heavy atom. The number of benzene rings is 1. The second-order valence-electron chi connectivity index (χ2n) is 4.27. The van der Waals surface area contributed by atoms with Crippen molar-refractivity contribution in [3.05, 3.63) is 57.2 Å². The third-order valence-corrected chi connectivity index (χ3v) is 4.18. The molecule has 2 aromatic rings. The lowest BCUT2D eigenvalue weighted by atomic mass is 10.2. The lowest BCUT2D eigenvalue weighted by molar-refractivity contribution is 0.799. The van der Waals surface area contributed by atoms with Gasteiger partial charge in [-0.05, 0) is 29.5 Å². The minimum atomic E-state index is 0.665. The van der Waals surface area contributed by atoms with Crippen LogP contribution in [0.5, 0.6) is 0 Å². The van der Waals surface area contributed by atoms with Gasteiger partial charge in [-0.3, -0.25) is 4.99 Å². The Morgan fingerprint density at radius 2 is 2.05 bits per heavy atom. The molecule has 1 aromatic heterocycles. The van der Waals surface area contributed by atoms with Crippen molar-refractivity contribution in [3.63, 3.8) is 0 Å². The first-order chi connectivity index (χ1) is 9.79. The predicted octanol–water partition coefficient (Wildman–Crippen LogP) is 3.31. The zero-order chi connectivity index (χ0) is 14.2. The van der Waals surface area contributed by atoms with Gasteiger partial charge in [0.2, 0.25) is 0 Å². The number of nitrogens with zero attached hydrogens (tertiary/aromatic N) is 1. The van der Waals surface area contributed by atoms with Gasteiger partial charge in [0.15, 0.2) is 5.96 Å². The third kappa shape index (κ3) is 4.54. The van der Waals surface area contributed by atoms with Crippen molar-refractivity contribution >= 4 is 28.9 Å². The standard InChI is InChI=1S/C15H18ClN3S/c1-17-15(18-9-8-13-6-4-10-20-13)19-11-12-5-2-3-7-14(12)16/h2-7,10H,8-9,11H2,1H3,(H2,17,18,19). The van der Waals surface area contributed by atoms with Crippen LogP contribution in [0.15, 0.2) is 46.8 Å². The monoisotopic (exact) mass is 307 g/mol. The van der Waals surface area contributed by atoms with Crippen molar-refractivity contribution in [2.75, 3.05) is 13.6 Å². The van der Waals surface area contributed by atoms with Crippen molar-refractivity contribution in [2.45, 2.75) is 13.0 Å². The molecule has 0 aliphatic carbocycles. The molecule has 0 saturated carbocycles. The highest BCUT2D eigenvalue weighted by molar-refractivity contribution is 7.09. The molecular formula is C15H18ClN3S. The fraction of sp³-hybridized carbons (Fsp3) is 0.267. The van der Waals surface area contributed by atoms with Crippen LogP contribution in [0.3, 0.4) is 0 Å². The molecule has 5 heteroatoms. The lowest BCUT2D eigenvalue weighted by Crippen LogP contribution is -2.37. The highest BCUT2D eigenvalue weighted by atomic mass is 35.5. The van der Waals surface area contributed by atoms with E-state index in [0.29, 0.717) is 6.54 Å². The van der Waals surface area contributed by atoms with Crippen LogP contribution in [0.1, 0.15) is 10.4 Å². The molecule has 20 heavy (non-hydrogen) atoms. The minimum Gasteiger partial charge on any atom is -0.356 e. The van der Waals surface area contributed by atoms with E-state index in [1.54, 1.807) is 18.4 Å². The van der Waals surface area contributed by atoms with Crippen molar-refractivity contribution < 1.29 is 0 Å². The van der Waals surface area contributed by atoms with Crippen LogP contribution in [-0.2, 0) is 13.0 Å². The fourth-order valence-electron chi connectivity index (χ4n) is 1.80. The summed E-state index contributed by atoms with van der Waals surface area (Å²) >= 11 is 7.90. The molecular weight excluding hydrogens is 290 g/mol. The summed E-state index contributed by atoms with van der Waals surface area (Å²) in [7, 11) is 1.77. The summed E-state index contributed by atoms with van der Waals surface area (Å²) in [5.74, 6) is 0.793. The van der Waals surface area contributed by atoms with Gasteiger partial charge in [0.25, 0.3) is 0 Å². The number of aliphatic imine (C=N–C) groups is 1. The van der Waals surface area contributed by atoms with Crippen molar-refractivity contribution in [1.29, 1.82) is 0 Å². The van der Waals surface area contributed by atoms with Gasteiger partial charge in [0.1, 0.15) is 0 Å². The van der Waals surface area contributed by atoms with E-state index in [1.165, 1.54) is 4.88 Å². The molecule has 3 nitrogen and oxygen atoms in total. The van der Waals surface area contributed by atoms with Crippen LogP contribution in [0.2, 0.25) is 5.02 Å². The molecule has 0 aliphatic rings. The molecule has 0 atom stereocenters. The molecule has 106 valence electrons. The van der Waals surface area contributed by atoms with E-state index >= 15 is 0 Å². The Kier molecular flexibility index (Phi) is 5.89. The zero-order valence-corrected chi connectivity index (χ0v) is 13.0. The van der Waals surface area contributed by atoms with E-state index in [4.69, 9.17) is 11.6 Å². The Balaban J connectivity index is 1.77. The Hall–Kier alpha value is -1.52. The van der Waals surface area contributed by atoms with E-state index in [-0.39, 0.29) is 0 Å². The number of hydrogen-bond acceptors (Lipinski definition) is 2. The van der Waals surface area contributed by atoms with Crippen LogP contribution in [-0.4, -0.2) is 19.6 Å². The maximum atomic E-state index is 6.12. The second-order valence-corrected chi connectivity index (χ2v) is 5.71. The summed E-state index contributed by atoms with van der Waals surface area (Å²) in [6.07, 6.45) is 1.00. The van der Waals surface area contributed by atoms with Crippen LogP contribution in [0.25, 0.3) is 0 Å². The normalized spacial score (nSPS) is 11.4. The Morgan fingerprint density at radius 1 is 1.20 bits per heavy atom. The van der Waals surface area contributed by atoms with Crippen LogP contribution in [0.4, 0.5) is 0 Å². The summed E-state index contributed by atoms with van der Waals surface area (Å²) < 4.78 is 0. The summed E-state index contributed by atoms with van der Waals surface area (Å²) in [5, 5.41) is 9.43. The molecule has 0 amide bonds. The van der Waals surface area contributed by atoms with Gasteiger partial charge in [-0.1, -0.05) is 35.9 Å². The van der Waals surface area contributed by atoms with E-state index < -0.39 is 0 Å². The molecule has 0 saturated heterocycles. The summed E-state index contributed by atoms with van der Waals surface area (Å²) in [5.41, 5.74) is 1.07. The van der Waals surface area contributed by atoms with Crippen molar-refractivity contribution in [2.24, 2.45) is 4.99 Å². The van der Waals surface area contributed by atoms with Crippen LogP contribution >= 0.6 is 22.9 Å². The molecule has 1 heterocycles. The summed E-state index contributed by atoms with van der Waals surface area (Å²) in [6.45, 7) is 1.53. The predicted molar refractivity (Wildman–Crippen MR) is 87.7 cm³/mol. The molecule has 0 aliphatic heterocycles. The van der Waals surface area contributed by atoms with Gasteiger partial charge in [-0.25, -0.2) is 0 Å². The number of nitrogens with one attached hydrogen (secondary N) is 2. The van der Waals surface area contributed by atoms with E-state index in [2.05, 4.69) is 33.1 Å². The second kappa shape index (κ2) is 7.92. The lowest BCUT2D eigenvalue weighted by Gasteiger charge is -2.12. The van der Waals surface area contributed by atoms with Gasteiger partial charge < -0.3 is 10.6 Å². The van der Waals surface area contributed by atoms with Gasteiger partial charge in [-0.2, -0.15) is 0 Å². The average Bonchev–Trinajstić information content (AvgIpc) is 2.97. The molecule has 0 spiro atoms. The topological polar surface area (TPSA) is 36.4 Å². The number of guanidine groups is 1. The highest BCUT2D eigenvalue weighted by Crippen LogP contribution is 2.14. The smallest absolute Gasteiger partial charge is 0.191 e. The van der Waals surface area contributed by atoms with Crippen molar-refractivity contribution in [3.8, 4) is 0 Å². The Bertz CT molecular complexity index is 552. The maximum absolute atomic E-state index is 6.12. The number of halogens is 1. The average molecular weight is 308 g/mol. The maximum Gasteiger partial charge on any atom is 0.191 e. The quantitative estimate of drug-likeness (QED) is 0.657. The number of thiophene rings is 1. The minimum absolute atomic E-state index is 0.665. The molecule has 2 rings (SSSR count). The van der Waals surface area contributed by atoms with Gasteiger partial charge in [0.05, 0.1) is 0 Å². The Labute approximate surface area is 128 Å². The van der Waals surface area contributed by atoms with Crippen molar-refractivity contribution in [1.82, 2.24) is 10.6 Å². The SMILES string of the molecule is CN=C(NCCc1cccs1)NCc1ccccc1Cl. The summed E-state index contributed by atoms with van der Waals surface area (Å²) in [6, 6.07) is 12.0. The molecule has 2 N–H and O–H groups in total. The first kappa shape index (κ1) is 14.9. The molecule has 0 radical (unpaired) electrons. The van der Waals surface area contributed by atoms with E-state index in [9.17, 15) is 0 Å². The number of rotatable bonds is 5. The van der Waals surface area contributed by atoms with Gasteiger partial charge in [-0.15, -0.1) is 11.3 Å². The summed E-state index contributed by atoms with van der Waals surface area (Å²) in [4.78, 5) is 5.58. The van der Waals surface area contributed by atoms with Gasteiger partial charge in [0, 0.05) is 30.0 Å². The van der Waals surface area contributed by atoms with E-state index in [0.717, 1.165) is 29.5 Å². The van der Waals surface area contributed by atoms with E-state index in [1.807, 2.05) is 24.3 Å². The van der Waals surface area contributed by atoms with Crippen LogP contribution < -0.4 is 10.6 Å². The largest absolute Gasteiger partial charge is 0.356 e. The highest BCUT2D eigenvalue weighted by Gasteiger charge is 2.01. The zero-order valence-electron chi connectivity index (χ0n) is 11.4. The molecule has 0 fully saturated rings. The molecule has 1 aromatic carbocycles. The first-order valence-corrected chi connectivity index (χ1v) is 7.75. The van der Waals surface area contributed by atoms with Crippen LogP contribution in [0, 0.1) is 0 Å². The molecule has 0 bridgehead atoms. The third-order valence-electron chi connectivity index (χ3n) is 2.87. The fourth-order valence-corrected chi connectivity index (χ4v) is 2.71. The first-order valence-electron chi connectivity index (χ1n) is 6.50. The molecule has 0 unspecified atom stereocenters.